The van der Waals surface area contributed by atoms with Gasteiger partial charge in [0.15, 0.2) is 29.5 Å². The normalized spacial score (nSPS) is 22.4. The van der Waals surface area contributed by atoms with Gasteiger partial charge in [0, 0.05) is 32.7 Å². The van der Waals surface area contributed by atoms with Gasteiger partial charge in [-0.05, 0) is 32.4 Å². The van der Waals surface area contributed by atoms with Crippen LogP contribution >= 0.6 is 11.8 Å². The maximum Gasteiger partial charge on any atom is 0.303 e. The van der Waals surface area contributed by atoms with Crippen molar-refractivity contribution in [1.29, 1.82) is 0 Å². The number of aryl methyl sites for hydroxylation is 3. The Labute approximate surface area is 195 Å². The van der Waals surface area contributed by atoms with Crippen LogP contribution in [0.3, 0.4) is 0 Å². The second-order valence-corrected chi connectivity index (χ2v) is 8.75. The van der Waals surface area contributed by atoms with Gasteiger partial charge in [-0.15, -0.1) is 11.8 Å². The van der Waals surface area contributed by atoms with Gasteiger partial charge in [-0.3, -0.25) is 19.4 Å². The van der Waals surface area contributed by atoms with E-state index < -0.39 is 41.7 Å². The summed E-state index contributed by atoms with van der Waals surface area (Å²) in [4.78, 5) is 39.8. The quantitative estimate of drug-likeness (QED) is 0.449. The number of carbonyl (C=O) groups excluding carboxylic acids is 3. The number of aromatic nitrogens is 2. The lowest BCUT2D eigenvalue weighted by Gasteiger charge is -2.40. The molecule has 3 heterocycles. The maximum absolute atomic E-state index is 11.9. The predicted molar refractivity (Wildman–Crippen MR) is 117 cm³/mol. The number of thioether (sulfide) groups is 1. The molecule has 0 N–H and O–H groups in total. The van der Waals surface area contributed by atoms with Gasteiger partial charge in [0.25, 0.3) is 0 Å². The number of carbonyl (C=O) groups is 3. The van der Waals surface area contributed by atoms with Crippen LogP contribution in [0.1, 0.15) is 37.8 Å². The van der Waals surface area contributed by atoms with Gasteiger partial charge in [-0.25, -0.2) is 0 Å². The zero-order chi connectivity index (χ0) is 24.3. The van der Waals surface area contributed by atoms with Crippen LogP contribution < -0.4 is 4.74 Å². The van der Waals surface area contributed by atoms with Crippen LogP contribution in [0.2, 0.25) is 0 Å². The first kappa shape index (κ1) is 24.6. The molecule has 0 aromatic carbocycles. The molecule has 0 amide bonds. The van der Waals surface area contributed by atoms with Crippen LogP contribution in [-0.4, -0.2) is 57.5 Å². The first-order valence-electron chi connectivity index (χ1n) is 10.3. The van der Waals surface area contributed by atoms with Crippen molar-refractivity contribution in [3.8, 4) is 17.0 Å². The lowest BCUT2D eigenvalue weighted by atomic mass is 10.1. The van der Waals surface area contributed by atoms with Crippen molar-refractivity contribution in [2.24, 2.45) is 0 Å². The molecular formula is C22H26N2O8S. The molecule has 11 heteroatoms. The molecule has 1 fully saturated rings. The molecule has 3 rings (SSSR count). The van der Waals surface area contributed by atoms with E-state index >= 15 is 0 Å². The topological polar surface area (TPSA) is 127 Å². The van der Waals surface area contributed by atoms with Gasteiger partial charge in [0.1, 0.15) is 11.5 Å². The van der Waals surface area contributed by atoms with Gasteiger partial charge < -0.3 is 23.5 Å². The highest BCUT2D eigenvalue weighted by Crippen LogP contribution is 2.40. The fraction of sp³-hybridized carbons (Fsp3) is 0.500. The van der Waals surface area contributed by atoms with Gasteiger partial charge in [-0.2, -0.15) is 0 Å². The van der Waals surface area contributed by atoms with Crippen LogP contribution in [0.5, 0.6) is 5.75 Å². The number of ether oxygens (including phenoxy) is 4. The Morgan fingerprint density at radius 2 is 1.64 bits per heavy atom. The number of nitrogens with zero attached hydrogens (tertiary/aromatic N) is 2. The number of rotatable bonds is 6. The van der Waals surface area contributed by atoms with E-state index in [1.807, 2.05) is 6.92 Å². The third-order valence-electron chi connectivity index (χ3n) is 4.91. The molecule has 33 heavy (non-hydrogen) atoms. The van der Waals surface area contributed by atoms with Crippen molar-refractivity contribution < 1.29 is 37.9 Å². The molecule has 2 aromatic heterocycles. The first-order chi connectivity index (χ1) is 15.6. The second kappa shape index (κ2) is 10.2. The molecule has 0 bridgehead atoms. The van der Waals surface area contributed by atoms with Crippen molar-refractivity contribution in [1.82, 2.24) is 10.1 Å². The molecule has 4 atom stereocenters. The number of pyridine rings is 1. The minimum absolute atomic E-state index is 0.264. The summed E-state index contributed by atoms with van der Waals surface area (Å²) in [5.74, 6) is -0.440. The number of hydrogen-bond donors (Lipinski definition) is 0. The third kappa shape index (κ3) is 5.65. The van der Waals surface area contributed by atoms with Crippen LogP contribution in [0.15, 0.2) is 16.8 Å². The van der Waals surface area contributed by atoms with Crippen molar-refractivity contribution >= 4 is 29.7 Å². The summed E-state index contributed by atoms with van der Waals surface area (Å²) in [5, 5.41) is 4.00. The summed E-state index contributed by atoms with van der Waals surface area (Å²) < 4.78 is 27.9. The number of esters is 3. The van der Waals surface area contributed by atoms with Gasteiger partial charge in [-0.1, -0.05) is 5.16 Å². The smallest absolute Gasteiger partial charge is 0.303 e. The maximum atomic E-state index is 11.9. The fourth-order valence-corrected chi connectivity index (χ4v) is 4.82. The minimum atomic E-state index is -1.04. The van der Waals surface area contributed by atoms with E-state index in [0.29, 0.717) is 28.5 Å². The van der Waals surface area contributed by atoms with E-state index in [1.165, 1.54) is 32.5 Å². The van der Waals surface area contributed by atoms with Crippen molar-refractivity contribution in [3.63, 3.8) is 0 Å². The highest BCUT2D eigenvalue weighted by atomic mass is 32.2. The Morgan fingerprint density at radius 1 is 1.00 bits per heavy atom. The molecule has 0 saturated carbocycles. The largest absolute Gasteiger partial charge is 0.473 e. The van der Waals surface area contributed by atoms with Crippen LogP contribution in [0.4, 0.5) is 0 Å². The molecule has 2 aromatic rings. The lowest BCUT2D eigenvalue weighted by Crippen LogP contribution is -2.55. The van der Waals surface area contributed by atoms with E-state index in [4.69, 9.17) is 23.5 Å². The minimum Gasteiger partial charge on any atom is -0.473 e. The molecule has 0 spiro atoms. The monoisotopic (exact) mass is 478 g/mol. The summed E-state index contributed by atoms with van der Waals surface area (Å²) in [7, 11) is 0. The summed E-state index contributed by atoms with van der Waals surface area (Å²) in [6.07, 6.45) is -1.23. The number of hydrogen-bond acceptors (Lipinski definition) is 11. The van der Waals surface area contributed by atoms with E-state index in [2.05, 4.69) is 10.1 Å². The Bertz CT molecular complexity index is 1030. The second-order valence-electron chi connectivity index (χ2n) is 7.62. The molecule has 1 aliphatic heterocycles. The van der Waals surface area contributed by atoms with Crippen LogP contribution in [-0.2, 0) is 28.6 Å². The van der Waals surface area contributed by atoms with Crippen molar-refractivity contribution in [2.45, 2.75) is 65.3 Å². The zero-order valence-electron chi connectivity index (χ0n) is 19.2. The van der Waals surface area contributed by atoms with Gasteiger partial charge in [0.2, 0.25) is 0 Å². The fourth-order valence-electron chi connectivity index (χ4n) is 3.62. The predicted octanol–water partition coefficient (Wildman–Crippen LogP) is 2.91. The van der Waals surface area contributed by atoms with Crippen molar-refractivity contribution in [3.05, 3.63) is 29.3 Å². The van der Waals surface area contributed by atoms with E-state index in [9.17, 15) is 14.4 Å². The Kier molecular flexibility index (Phi) is 7.62. The average Bonchev–Trinajstić information content (AvgIpc) is 3.04. The summed E-state index contributed by atoms with van der Waals surface area (Å²) >= 11 is 1.28. The summed E-state index contributed by atoms with van der Waals surface area (Å²) in [6.45, 7) is 9.17. The lowest BCUT2D eigenvalue weighted by molar-refractivity contribution is -0.186. The first-order valence-corrected chi connectivity index (χ1v) is 11.3. The van der Waals surface area contributed by atoms with Gasteiger partial charge in [0.05, 0.1) is 11.3 Å². The molecule has 1 saturated heterocycles. The average molecular weight is 479 g/mol. The molecule has 0 radical (unpaired) electrons. The van der Waals surface area contributed by atoms with E-state index in [-0.39, 0.29) is 5.75 Å². The Balaban J connectivity index is 2.01. The van der Waals surface area contributed by atoms with Crippen LogP contribution in [0, 0.1) is 20.8 Å². The van der Waals surface area contributed by atoms with E-state index in [1.54, 1.807) is 26.1 Å². The molecule has 1 aliphatic rings. The van der Waals surface area contributed by atoms with E-state index in [0.717, 1.165) is 5.56 Å². The zero-order valence-corrected chi connectivity index (χ0v) is 20.1. The highest BCUT2D eigenvalue weighted by Gasteiger charge is 2.48. The summed E-state index contributed by atoms with van der Waals surface area (Å²) in [6, 6.07) is 1.79. The molecule has 0 unspecified atom stereocenters. The standard InChI is InChI=1S/C22H26N2O8S/c1-10-7-8-23-18(17-11(2)24-32-12(17)3)19(10)31-22-21(30-15(6)27)20(29-14(5)26)16(9-33-22)28-13(4)25/h7-8,16,20-22H,9H2,1-6H3/t16-,20+,21-,22-/m1/s1. The van der Waals surface area contributed by atoms with Gasteiger partial charge >= 0.3 is 17.9 Å². The molecule has 10 nitrogen and oxygen atoms in total. The molecule has 0 aliphatic carbocycles. The highest BCUT2D eigenvalue weighted by molar-refractivity contribution is 7.99. The Hall–Kier alpha value is -3.08. The SMILES string of the molecule is CC(=O)O[C@@H]1[C@@H](OC(C)=O)[C@H](OC(C)=O)CS[C@H]1Oc1c(C)ccnc1-c1c(C)noc1C. The van der Waals surface area contributed by atoms with Crippen molar-refractivity contribution in [2.75, 3.05) is 5.75 Å². The van der Waals surface area contributed by atoms with Crippen LogP contribution in [0.25, 0.3) is 11.3 Å². The molecule has 178 valence electrons. The third-order valence-corrected chi connectivity index (χ3v) is 6.12. The Morgan fingerprint density at radius 3 is 2.21 bits per heavy atom. The molecular weight excluding hydrogens is 452 g/mol. The summed E-state index contributed by atoms with van der Waals surface area (Å²) in [5.41, 5.74) is 1.89.